The average Bonchev–Trinajstić information content (AvgIpc) is 2.60. The molecule has 2 heteroatoms. The first-order chi connectivity index (χ1) is 10.7. The van der Waals surface area contributed by atoms with Crippen molar-refractivity contribution in [3.63, 3.8) is 0 Å². The average molecular weight is 292 g/mol. The van der Waals surface area contributed by atoms with Crippen LogP contribution in [0.1, 0.15) is 30.1 Å². The SMILES string of the molecule is COc1ccc2cc([C@H](O)[C@@H](C)c3ccccc3)ccc2c1. The third-order valence-electron chi connectivity index (χ3n) is 4.21. The van der Waals surface area contributed by atoms with Gasteiger partial charge < -0.3 is 9.84 Å². The highest BCUT2D eigenvalue weighted by molar-refractivity contribution is 5.84. The lowest BCUT2D eigenvalue weighted by Crippen LogP contribution is -2.07. The molecule has 0 saturated carbocycles. The maximum Gasteiger partial charge on any atom is 0.119 e. The van der Waals surface area contributed by atoms with Gasteiger partial charge in [-0.25, -0.2) is 0 Å². The molecule has 0 saturated heterocycles. The van der Waals surface area contributed by atoms with Gasteiger partial charge in [-0.15, -0.1) is 0 Å². The summed E-state index contributed by atoms with van der Waals surface area (Å²) in [5.74, 6) is 0.898. The summed E-state index contributed by atoms with van der Waals surface area (Å²) in [7, 11) is 1.67. The summed E-state index contributed by atoms with van der Waals surface area (Å²) >= 11 is 0. The smallest absolute Gasteiger partial charge is 0.119 e. The number of ether oxygens (including phenoxy) is 1. The Morgan fingerprint density at radius 2 is 1.50 bits per heavy atom. The molecule has 0 radical (unpaired) electrons. The monoisotopic (exact) mass is 292 g/mol. The van der Waals surface area contributed by atoms with Gasteiger partial charge in [-0.3, -0.25) is 0 Å². The fraction of sp³-hybridized carbons (Fsp3) is 0.200. The highest BCUT2D eigenvalue weighted by Gasteiger charge is 2.18. The highest BCUT2D eigenvalue weighted by Crippen LogP contribution is 2.32. The topological polar surface area (TPSA) is 29.5 Å². The van der Waals surface area contributed by atoms with Crippen molar-refractivity contribution in [1.29, 1.82) is 0 Å². The summed E-state index contributed by atoms with van der Waals surface area (Å²) in [5, 5.41) is 12.9. The third-order valence-corrected chi connectivity index (χ3v) is 4.21. The van der Waals surface area contributed by atoms with Crippen molar-refractivity contribution >= 4 is 10.8 Å². The Labute approximate surface area is 131 Å². The lowest BCUT2D eigenvalue weighted by atomic mass is 9.90. The second-order valence-electron chi connectivity index (χ2n) is 5.62. The Morgan fingerprint density at radius 3 is 2.23 bits per heavy atom. The minimum absolute atomic E-state index is 0.0527. The molecule has 0 fully saturated rings. The van der Waals surface area contributed by atoms with Crippen LogP contribution in [-0.4, -0.2) is 12.2 Å². The van der Waals surface area contributed by atoms with Gasteiger partial charge in [0.25, 0.3) is 0 Å². The second kappa shape index (κ2) is 6.20. The first-order valence-corrected chi connectivity index (χ1v) is 7.50. The largest absolute Gasteiger partial charge is 0.497 e. The lowest BCUT2D eigenvalue weighted by molar-refractivity contribution is 0.152. The number of benzene rings is 3. The van der Waals surface area contributed by atoms with Gasteiger partial charge in [-0.05, 0) is 40.1 Å². The van der Waals surface area contributed by atoms with Crippen molar-refractivity contribution in [2.24, 2.45) is 0 Å². The van der Waals surface area contributed by atoms with Crippen molar-refractivity contribution in [3.05, 3.63) is 77.9 Å². The number of hydrogen-bond acceptors (Lipinski definition) is 2. The van der Waals surface area contributed by atoms with E-state index in [1.54, 1.807) is 7.11 Å². The molecule has 112 valence electrons. The van der Waals surface area contributed by atoms with Crippen molar-refractivity contribution in [2.75, 3.05) is 7.11 Å². The highest BCUT2D eigenvalue weighted by atomic mass is 16.5. The Balaban J connectivity index is 1.92. The maximum absolute atomic E-state index is 10.7. The number of methoxy groups -OCH3 is 1. The van der Waals surface area contributed by atoms with E-state index in [4.69, 9.17) is 4.74 Å². The molecule has 0 unspecified atom stereocenters. The van der Waals surface area contributed by atoms with Crippen molar-refractivity contribution in [3.8, 4) is 5.75 Å². The van der Waals surface area contributed by atoms with Gasteiger partial charge in [0.1, 0.15) is 5.75 Å². The molecule has 0 spiro atoms. The van der Waals surface area contributed by atoms with Crippen LogP contribution in [-0.2, 0) is 0 Å². The van der Waals surface area contributed by atoms with Gasteiger partial charge >= 0.3 is 0 Å². The Kier molecular flexibility index (Phi) is 4.12. The standard InChI is InChI=1S/C20H20O2/c1-14(15-6-4-3-5-7-15)20(21)18-9-8-17-13-19(22-2)11-10-16(17)12-18/h3-14,20-21H,1-2H3/t14-,20+/m0/s1. The minimum Gasteiger partial charge on any atom is -0.497 e. The molecule has 0 aliphatic rings. The number of aliphatic hydroxyl groups excluding tert-OH is 1. The second-order valence-corrected chi connectivity index (χ2v) is 5.62. The summed E-state index contributed by atoms with van der Waals surface area (Å²) in [6, 6.07) is 22.2. The quantitative estimate of drug-likeness (QED) is 0.756. The van der Waals surface area contributed by atoms with Gasteiger partial charge in [0.2, 0.25) is 0 Å². The summed E-state index contributed by atoms with van der Waals surface area (Å²) in [6.45, 7) is 2.05. The Hall–Kier alpha value is -2.32. The van der Waals surface area contributed by atoms with E-state index in [1.807, 2.05) is 48.5 Å². The predicted molar refractivity (Wildman–Crippen MR) is 90.3 cm³/mol. The number of hydrogen-bond donors (Lipinski definition) is 1. The number of fused-ring (bicyclic) bond motifs is 1. The Morgan fingerprint density at radius 1 is 0.818 bits per heavy atom. The van der Waals surface area contributed by atoms with E-state index in [1.165, 1.54) is 0 Å². The summed E-state index contributed by atoms with van der Waals surface area (Å²) < 4.78 is 5.25. The van der Waals surface area contributed by atoms with Gasteiger partial charge in [0, 0.05) is 5.92 Å². The fourth-order valence-corrected chi connectivity index (χ4v) is 2.78. The van der Waals surface area contributed by atoms with Crippen LogP contribution in [0.15, 0.2) is 66.7 Å². The van der Waals surface area contributed by atoms with Crippen molar-refractivity contribution < 1.29 is 9.84 Å². The summed E-state index contributed by atoms with van der Waals surface area (Å²) in [4.78, 5) is 0. The minimum atomic E-state index is -0.520. The molecule has 0 amide bonds. The van der Waals surface area contributed by atoms with E-state index < -0.39 is 6.10 Å². The normalized spacial score (nSPS) is 13.8. The molecule has 3 rings (SSSR count). The first-order valence-electron chi connectivity index (χ1n) is 7.50. The van der Waals surface area contributed by atoms with Crippen LogP contribution in [0.5, 0.6) is 5.75 Å². The molecule has 0 heterocycles. The molecule has 1 N–H and O–H groups in total. The number of rotatable bonds is 4. The molecule has 0 aromatic heterocycles. The van der Waals surface area contributed by atoms with Crippen LogP contribution in [0.2, 0.25) is 0 Å². The van der Waals surface area contributed by atoms with E-state index in [0.29, 0.717) is 0 Å². The third kappa shape index (κ3) is 2.83. The van der Waals surface area contributed by atoms with E-state index in [9.17, 15) is 5.11 Å². The molecule has 3 aromatic carbocycles. The molecule has 0 bridgehead atoms. The van der Waals surface area contributed by atoms with Crippen molar-refractivity contribution in [2.45, 2.75) is 18.9 Å². The zero-order valence-corrected chi connectivity index (χ0v) is 12.9. The predicted octanol–water partition coefficient (Wildman–Crippen LogP) is 4.69. The van der Waals surface area contributed by atoms with Gasteiger partial charge in [-0.1, -0.05) is 55.5 Å². The molecule has 22 heavy (non-hydrogen) atoms. The number of aliphatic hydroxyl groups is 1. The van der Waals surface area contributed by atoms with Crippen LogP contribution in [0.25, 0.3) is 10.8 Å². The first kappa shape index (κ1) is 14.6. The van der Waals surface area contributed by atoms with Crippen LogP contribution < -0.4 is 4.74 Å². The van der Waals surface area contributed by atoms with E-state index in [0.717, 1.165) is 27.6 Å². The molecule has 0 aliphatic heterocycles. The Bertz CT molecular complexity index is 765. The lowest BCUT2D eigenvalue weighted by Gasteiger charge is -2.20. The van der Waals surface area contributed by atoms with Crippen LogP contribution >= 0.6 is 0 Å². The molecule has 2 nitrogen and oxygen atoms in total. The van der Waals surface area contributed by atoms with Gasteiger partial charge in [0.15, 0.2) is 0 Å². The molecular formula is C20H20O2. The van der Waals surface area contributed by atoms with Crippen LogP contribution in [0, 0.1) is 0 Å². The van der Waals surface area contributed by atoms with E-state index >= 15 is 0 Å². The van der Waals surface area contributed by atoms with Gasteiger partial charge in [-0.2, -0.15) is 0 Å². The van der Waals surface area contributed by atoms with E-state index in [2.05, 4.69) is 25.1 Å². The molecular weight excluding hydrogens is 272 g/mol. The zero-order valence-electron chi connectivity index (χ0n) is 12.9. The van der Waals surface area contributed by atoms with Crippen molar-refractivity contribution in [1.82, 2.24) is 0 Å². The molecule has 3 aromatic rings. The van der Waals surface area contributed by atoms with E-state index in [-0.39, 0.29) is 5.92 Å². The van der Waals surface area contributed by atoms with Crippen LogP contribution in [0.4, 0.5) is 0 Å². The zero-order chi connectivity index (χ0) is 15.5. The maximum atomic E-state index is 10.7. The fourth-order valence-electron chi connectivity index (χ4n) is 2.78. The van der Waals surface area contributed by atoms with Crippen LogP contribution in [0.3, 0.4) is 0 Å². The summed E-state index contributed by atoms with van der Waals surface area (Å²) in [5.41, 5.74) is 2.08. The summed E-state index contributed by atoms with van der Waals surface area (Å²) in [6.07, 6.45) is -0.520. The van der Waals surface area contributed by atoms with Gasteiger partial charge in [0.05, 0.1) is 13.2 Å². The molecule has 2 atom stereocenters. The molecule has 0 aliphatic carbocycles.